The lowest BCUT2D eigenvalue weighted by molar-refractivity contribution is 0.185. The molecule has 1 unspecified atom stereocenters. The minimum atomic E-state index is -1.90. The van der Waals surface area contributed by atoms with Crippen molar-refractivity contribution < 1.29 is 9.09 Å². The van der Waals surface area contributed by atoms with Crippen LogP contribution in [0.2, 0.25) is 0 Å². The van der Waals surface area contributed by atoms with E-state index in [1.807, 2.05) is 20.8 Å². The molecule has 1 atom stereocenters. The van der Waals surface area contributed by atoms with E-state index in [9.17, 15) is 4.57 Å². The van der Waals surface area contributed by atoms with Crippen molar-refractivity contribution in [3.05, 3.63) is 0 Å². The molecule has 0 N–H and O–H groups in total. The summed E-state index contributed by atoms with van der Waals surface area (Å²) in [7, 11) is -1.90. The maximum atomic E-state index is 11.8. The normalized spacial score (nSPS) is 14.7. The Kier molecular flexibility index (Phi) is 6.72. The number of hydrogen-bond donors (Lipinski definition) is 0. The third kappa shape index (κ3) is 5.82. The SMILES string of the molecule is CCCC(CCC)O[PH](=O)C(C)(C)C. The van der Waals surface area contributed by atoms with Gasteiger partial charge in [-0.15, -0.1) is 0 Å². The van der Waals surface area contributed by atoms with Gasteiger partial charge in [0.25, 0.3) is 0 Å². The molecule has 0 spiro atoms. The van der Waals surface area contributed by atoms with E-state index in [1.165, 1.54) is 0 Å². The van der Waals surface area contributed by atoms with Crippen molar-refractivity contribution in [3.8, 4) is 0 Å². The summed E-state index contributed by atoms with van der Waals surface area (Å²) in [5.41, 5.74) is 0. The van der Waals surface area contributed by atoms with Gasteiger partial charge in [0.2, 0.25) is 0 Å². The van der Waals surface area contributed by atoms with Crippen molar-refractivity contribution in [2.45, 2.75) is 71.6 Å². The quantitative estimate of drug-likeness (QED) is 0.626. The van der Waals surface area contributed by atoms with Gasteiger partial charge in [0, 0.05) is 5.16 Å². The molecule has 0 saturated carbocycles. The minimum Gasteiger partial charge on any atom is -0.327 e. The molecule has 14 heavy (non-hydrogen) atoms. The number of rotatable bonds is 6. The smallest absolute Gasteiger partial charge is 0.197 e. The van der Waals surface area contributed by atoms with Crippen molar-refractivity contribution in [3.63, 3.8) is 0 Å². The van der Waals surface area contributed by atoms with Gasteiger partial charge >= 0.3 is 0 Å². The third-order valence-electron chi connectivity index (χ3n) is 2.11. The van der Waals surface area contributed by atoms with E-state index in [4.69, 9.17) is 4.52 Å². The van der Waals surface area contributed by atoms with E-state index in [0.717, 1.165) is 25.7 Å². The topological polar surface area (TPSA) is 26.3 Å². The van der Waals surface area contributed by atoms with E-state index >= 15 is 0 Å². The molecule has 0 aliphatic heterocycles. The largest absolute Gasteiger partial charge is 0.327 e. The summed E-state index contributed by atoms with van der Waals surface area (Å²) in [5.74, 6) is 0. The van der Waals surface area contributed by atoms with Gasteiger partial charge in [-0.05, 0) is 12.8 Å². The van der Waals surface area contributed by atoms with Crippen LogP contribution in [0.1, 0.15) is 60.3 Å². The summed E-state index contributed by atoms with van der Waals surface area (Å²) in [6, 6.07) is 0. The van der Waals surface area contributed by atoms with Gasteiger partial charge in [-0.2, -0.15) is 0 Å². The third-order valence-corrected chi connectivity index (χ3v) is 3.88. The summed E-state index contributed by atoms with van der Waals surface area (Å²) < 4.78 is 17.4. The van der Waals surface area contributed by atoms with Gasteiger partial charge in [0.15, 0.2) is 8.03 Å². The molecule has 0 bridgehead atoms. The Labute approximate surface area is 89.3 Å². The monoisotopic (exact) mass is 220 g/mol. The second-order valence-electron chi connectivity index (χ2n) is 4.85. The summed E-state index contributed by atoms with van der Waals surface area (Å²) in [4.78, 5) is 0. The van der Waals surface area contributed by atoms with Gasteiger partial charge in [-0.1, -0.05) is 47.5 Å². The predicted molar refractivity (Wildman–Crippen MR) is 63.4 cm³/mol. The maximum Gasteiger partial charge on any atom is 0.197 e. The van der Waals surface area contributed by atoms with E-state index in [2.05, 4.69) is 13.8 Å². The first-order chi connectivity index (χ1) is 6.41. The van der Waals surface area contributed by atoms with Crippen LogP contribution in [0, 0.1) is 0 Å². The molecule has 0 amide bonds. The Balaban J connectivity index is 4.08. The van der Waals surface area contributed by atoms with Crippen LogP contribution >= 0.6 is 8.03 Å². The Hall–Kier alpha value is 0.190. The highest BCUT2D eigenvalue weighted by Gasteiger charge is 2.22. The van der Waals surface area contributed by atoms with Crippen molar-refractivity contribution >= 4 is 8.03 Å². The average molecular weight is 220 g/mol. The zero-order chi connectivity index (χ0) is 11.2. The van der Waals surface area contributed by atoms with E-state index in [-0.39, 0.29) is 11.3 Å². The minimum absolute atomic E-state index is 0.190. The van der Waals surface area contributed by atoms with Gasteiger partial charge in [0.05, 0.1) is 6.10 Å². The lowest BCUT2D eigenvalue weighted by atomic mass is 10.1. The molecule has 3 heteroatoms. The summed E-state index contributed by atoms with van der Waals surface area (Å²) >= 11 is 0. The molecular formula is C11H25O2P. The highest BCUT2D eigenvalue weighted by atomic mass is 31.1. The Morgan fingerprint density at radius 3 is 1.86 bits per heavy atom. The molecule has 0 aliphatic carbocycles. The summed E-state index contributed by atoms with van der Waals surface area (Å²) in [5, 5.41) is -0.190. The van der Waals surface area contributed by atoms with Crippen molar-refractivity contribution in [1.82, 2.24) is 0 Å². The molecule has 0 rings (SSSR count). The Morgan fingerprint density at radius 1 is 1.14 bits per heavy atom. The highest BCUT2D eigenvalue weighted by molar-refractivity contribution is 7.41. The van der Waals surface area contributed by atoms with Crippen LogP contribution in [0.5, 0.6) is 0 Å². The molecule has 0 saturated heterocycles. The van der Waals surface area contributed by atoms with Crippen LogP contribution in [0.3, 0.4) is 0 Å². The second kappa shape index (κ2) is 6.63. The van der Waals surface area contributed by atoms with E-state index < -0.39 is 8.03 Å². The molecule has 0 radical (unpaired) electrons. The fourth-order valence-electron chi connectivity index (χ4n) is 1.23. The Bertz CT molecular complexity index is 167. The lowest BCUT2D eigenvalue weighted by Gasteiger charge is -2.23. The van der Waals surface area contributed by atoms with Crippen molar-refractivity contribution in [2.75, 3.05) is 0 Å². The molecule has 0 aromatic carbocycles. The summed E-state index contributed by atoms with van der Waals surface area (Å²) in [6.07, 6.45) is 4.46. The van der Waals surface area contributed by atoms with E-state index in [1.54, 1.807) is 0 Å². The molecule has 0 heterocycles. The van der Waals surface area contributed by atoms with Crippen LogP contribution in [0.25, 0.3) is 0 Å². The van der Waals surface area contributed by atoms with Crippen molar-refractivity contribution in [1.29, 1.82) is 0 Å². The number of hydrogen-bond acceptors (Lipinski definition) is 2. The van der Waals surface area contributed by atoms with Gasteiger partial charge < -0.3 is 4.52 Å². The second-order valence-corrected chi connectivity index (χ2v) is 7.17. The van der Waals surface area contributed by atoms with Crippen LogP contribution in [0.15, 0.2) is 0 Å². The van der Waals surface area contributed by atoms with Gasteiger partial charge in [-0.3, -0.25) is 4.57 Å². The lowest BCUT2D eigenvalue weighted by Crippen LogP contribution is -2.15. The standard InChI is InChI=1S/C11H25O2P/c1-6-8-10(9-7-2)13-14(12)11(3,4)5/h10,14H,6-9H2,1-5H3. The van der Waals surface area contributed by atoms with E-state index in [0.29, 0.717) is 0 Å². The molecule has 0 fully saturated rings. The molecule has 86 valence electrons. The van der Waals surface area contributed by atoms with Crippen molar-refractivity contribution in [2.24, 2.45) is 0 Å². The maximum absolute atomic E-state index is 11.8. The molecule has 0 aromatic heterocycles. The average Bonchev–Trinajstić information content (AvgIpc) is 2.03. The fraction of sp³-hybridized carbons (Fsp3) is 1.00. The molecule has 0 aliphatic rings. The molecule has 0 aromatic rings. The molecule has 2 nitrogen and oxygen atoms in total. The van der Waals surface area contributed by atoms with Crippen LogP contribution in [0.4, 0.5) is 0 Å². The zero-order valence-electron chi connectivity index (χ0n) is 10.2. The highest BCUT2D eigenvalue weighted by Crippen LogP contribution is 2.41. The van der Waals surface area contributed by atoms with Crippen LogP contribution in [-0.4, -0.2) is 11.3 Å². The zero-order valence-corrected chi connectivity index (χ0v) is 11.2. The fourth-order valence-corrected chi connectivity index (χ4v) is 2.13. The first-order valence-electron chi connectivity index (χ1n) is 5.62. The Morgan fingerprint density at radius 2 is 1.57 bits per heavy atom. The van der Waals surface area contributed by atoms with Crippen LogP contribution in [-0.2, 0) is 9.09 Å². The molecular weight excluding hydrogens is 195 g/mol. The first kappa shape index (κ1) is 14.2. The predicted octanol–water partition coefficient (Wildman–Crippen LogP) is 4.25. The van der Waals surface area contributed by atoms with Crippen LogP contribution < -0.4 is 0 Å². The summed E-state index contributed by atoms with van der Waals surface area (Å²) in [6.45, 7) is 10.2. The first-order valence-corrected chi connectivity index (χ1v) is 6.94. The van der Waals surface area contributed by atoms with Gasteiger partial charge in [0.1, 0.15) is 0 Å². The van der Waals surface area contributed by atoms with Gasteiger partial charge in [-0.25, -0.2) is 0 Å².